The number of morpholine rings is 1. The molecular weight excluding hydrogens is 248 g/mol. The van der Waals surface area contributed by atoms with E-state index in [2.05, 4.69) is 0 Å². The van der Waals surface area contributed by atoms with E-state index >= 15 is 0 Å². The van der Waals surface area contributed by atoms with Crippen LogP contribution in [0.5, 0.6) is 0 Å². The number of carboxylic acid groups (broad SMARTS) is 1. The summed E-state index contributed by atoms with van der Waals surface area (Å²) in [5.41, 5.74) is 0. The molecule has 1 aliphatic rings. The van der Waals surface area contributed by atoms with E-state index in [1.54, 1.807) is 18.9 Å². The molecule has 0 radical (unpaired) electrons. The fraction of sp³-hybridized carbons (Fsp3) is 0.846. The summed E-state index contributed by atoms with van der Waals surface area (Å²) in [7, 11) is 1.65. The van der Waals surface area contributed by atoms with Crippen molar-refractivity contribution in [1.29, 1.82) is 0 Å². The van der Waals surface area contributed by atoms with Crippen LogP contribution in [0.3, 0.4) is 0 Å². The van der Waals surface area contributed by atoms with Gasteiger partial charge in [-0.15, -0.1) is 0 Å². The Morgan fingerprint density at radius 2 is 2.16 bits per heavy atom. The third-order valence-corrected chi connectivity index (χ3v) is 3.48. The van der Waals surface area contributed by atoms with E-state index < -0.39 is 11.9 Å². The highest BCUT2D eigenvalue weighted by molar-refractivity contribution is 5.76. The van der Waals surface area contributed by atoms with Crippen LogP contribution in [-0.4, -0.2) is 65.8 Å². The first-order valence-electron chi connectivity index (χ1n) is 6.72. The second kappa shape index (κ2) is 6.75. The number of nitrogens with zero attached hydrogens (tertiary/aromatic N) is 2. The number of urea groups is 1. The molecule has 6 heteroatoms. The lowest BCUT2D eigenvalue weighted by Crippen LogP contribution is -2.55. The Labute approximate surface area is 114 Å². The van der Waals surface area contributed by atoms with Gasteiger partial charge in [-0.05, 0) is 13.3 Å². The number of ether oxygens (including phenoxy) is 1. The zero-order valence-electron chi connectivity index (χ0n) is 12.1. The summed E-state index contributed by atoms with van der Waals surface area (Å²) in [6.45, 7) is 6.88. The molecule has 0 aromatic rings. The first-order chi connectivity index (χ1) is 8.86. The average Bonchev–Trinajstić information content (AvgIpc) is 2.37. The molecular formula is C13H24N2O4. The Morgan fingerprint density at radius 3 is 2.68 bits per heavy atom. The number of carbonyl (C=O) groups is 2. The molecule has 1 N–H and O–H groups in total. The number of hydrogen-bond acceptors (Lipinski definition) is 3. The molecule has 3 unspecified atom stereocenters. The maximum atomic E-state index is 12.4. The Balaban J connectivity index is 2.65. The molecule has 6 nitrogen and oxygen atoms in total. The van der Waals surface area contributed by atoms with E-state index in [1.165, 1.54) is 4.90 Å². The largest absolute Gasteiger partial charge is 0.481 e. The molecule has 1 aliphatic heterocycles. The van der Waals surface area contributed by atoms with Gasteiger partial charge in [0.2, 0.25) is 0 Å². The van der Waals surface area contributed by atoms with E-state index in [9.17, 15) is 9.59 Å². The van der Waals surface area contributed by atoms with Gasteiger partial charge in [-0.2, -0.15) is 0 Å². The van der Waals surface area contributed by atoms with E-state index in [-0.39, 0.29) is 24.7 Å². The summed E-state index contributed by atoms with van der Waals surface area (Å²) in [6, 6.07) is -0.0404. The molecule has 2 amide bonds. The van der Waals surface area contributed by atoms with Crippen LogP contribution < -0.4 is 0 Å². The van der Waals surface area contributed by atoms with Crippen LogP contribution in [0.15, 0.2) is 0 Å². The molecule has 1 heterocycles. The monoisotopic (exact) mass is 272 g/mol. The molecule has 110 valence electrons. The maximum Gasteiger partial charge on any atom is 0.320 e. The third kappa shape index (κ3) is 4.09. The van der Waals surface area contributed by atoms with Crippen LogP contribution >= 0.6 is 0 Å². The fourth-order valence-electron chi connectivity index (χ4n) is 2.20. The van der Waals surface area contributed by atoms with Crippen molar-refractivity contribution in [2.45, 2.75) is 39.3 Å². The van der Waals surface area contributed by atoms with Crippen LogP contribution in [0.1, 0.15) is 27.2 Å². The standard InChI is InChI=1S/C13H24N2O4/c1-5-11-8-19-10(3)7-15(11)13(18)14(4)6-9(2)12(16)17/h9-11H,5-8H2,1-4H3,(H,16,17). The number of amides is 2. The van der Waals surface area contributed by atoms with Crippen LogP contribution in [-0.2, 0) is 9.53 Å². The van der Waals surface area contributed by atoms with Crippen molar-refractivity contribution in [2.75, 3.05) is 26.7 Å². The predicted octanol–water partition coefficient (Wildman–Crippen LogP) is 1.26. The number of carboxylic acids is 1. The normalized spacial score (nSPS) is 24.9. The van der Waals surface area contributed by atoms with Crippen molar-refractivity contribution < 1.29 is 19.4 Å². The first kappa shape index (κ1) is 15.8. The molecule has 0 aromatic heterocycles. The molecule has 1 fully saturated rings. The molecule has 3 atom stereocenters. The molecule has 1 saturated heterocycles. The minimum absolute atomic E-state index is 0.0250. The van der Waals surface area contributed by atoms with Gasteiger partial charge in [0, 0.05) is 20.1 Å². The second-order valence-electron chi connectivity index (χ2n) is 5.26. The zero-order chi connectivity index (χ0) is 14.6. The van der Waals surface area contributed by atoms with Crippen molar-refractivity contribution in [3.8, 4) is 0 Å². The van der Waals surface area contributed by atoms with E-state index in [1.807, 2.05) is 13.8 Å². The molecule has 1 rings (SSSR count). The minimum Gasteiger partial charge on any atom is -0.481 e. The second-order valence-corrected chi connectivity index (χ2v) is 5.26. The highest BCUT2D eigenvalue weighted by atomic mass is 16.5. The number of aliphatic carboxylic acids is 1. The molecule has 0 aromatic carbocycles. The summed E-state index contributed by atoms with van der Waals surface area (Å²) in [4.78, 5) is 26.5. The maximum absolute atomic E-state index is 12.4. The number of carbonyl (C=O) groups excluding carboxylic acids is 1. The zero-order valence-corrected chi connectivity index (χ0v) is 12.1. The summed E-state index contributed by atoms with van der Waals surface area (Å²) in [6.07, 6.45) is 0.859. The highest BCUT2D eigenvalue weighted by Crippen LogP contribution is 2.16. The van der Waals surface area contributed by atoms with Gasteiger partial charge in [0.25, 0.3) is 0 Å². The molecule has 0 spiro atoms. The molecule has 0 saturated carbocycles. The highest BCUT2D eigenvalue weighted by Gasteiger charge is 2.31. The lowest BCUT2D eigenvalue weighted by atomic mass is 10.1. The van der Waals surface area contributed by atoms with Gasteiger partial charge in [0.1, 0.15) is 0 Å². The van der Waals surface area contributed by atoms with Gasteiger partial charge < -0.3 is 19.6 Å². The van der Waals surface area contributed by atoms with Crippen LogP contribution in [0.4, 0.5) is 4.79 Å². The van der Waals surface area contributed by atoms with Gasteiger partial charge in [0.15, 0.2) is 0 Å². The van der Waals surface area contributed by atoms with E-state index in [4.69, 9.17) is 9.84 Å². The Morgan fingerprint density at radius 1 is 1.53 bits per heavy atom. The van der Waals surface area contributed by atoms with Crippen molar-refractivity contribution in [3.05, 3.63) is 0 Å². The summed E-state index contributed by atoms with van der Waals surface area (Å²) >= 11 is 0. The first-order valence-corrected chi connectivity index (χ1v) is 6.72. The lowest BCUT2D eigenvalue weighted by molar-refractivity contribution is -0.141. The van der Waals surface area contributed by atoms with Crippen LogP contribution in [0, 0.1) is 5.92 Å². The molecule has 0 aliphatic carbocycles. The van der Waals surface area contributed by atoms with E-state index in [0.29, 0.717) is 13.2 Å². The van der Waals surface area contributed by atoms with Crippen LogP contribution in [0.25, 0.3) is 0 Å². The minimum atomic E-state index is -0.887. The summed E-state index contributed by atoms with van der Waals surface area (Å²) in [5, 5.41) is 8.89. The van der Waals surface area contributed by atoms with Crippen molar-refractivity contribution in [1.82, 2.24) is 9.80 Å². The molecule has 19 heavy (non-hydrogen) atoms. The molecule has 0 bridgehead atoms. The van der Waals surface area contributed by atoms with E-state index in [0.717, 1.165) is 6.42 Å². The predicted molar refractivity (Wildman–Crippen MR) is 71.0 cm³/mol. The Hall–Kier alpha value is -1.30. The van der Waals surface area contributed by atoms with Crippen LogP contribution in [0.2, 0.25) is 0 Å². The smallest absolute Gasteiger partial charge is 0.320 e. The van der Waals surface area contributed by atoms with Gasteiger partial charge >= 0.3 is 12.0 Å². The topological polar surface area (TPSA) is 70.1 Å². The van der Waals surface area contributed by atoms with Crippen molar-refractivity contribution >= 4 is 12.0 Å². The van der Waals surface area contributed by atoms with Crippen molar-refractivity contribution in [3.63, 3.8) is 0 Å². The SMILES string of the molecule is CCC1COC(C)CN1C(=O)N(C)CC(C)C(=O)O. The van der Waals surface area contributed by atoms with Gasteiger partial charge in [0.05, 0.1) is 24.7 Å². The average molecular weight is 272 g/mol. The fourth-order valence-corrected chi connectivity index (χ4v) is 2.20. The third-order valence-electron chi connectivity index (χ3n) is 3.48. The summed E-state index contributed by atoms with van der Waals surface area (Å²) < 4.78 is 5.55. The van der Waals surface area contributed by atoms with Gasteiger partial charge in [-0.3, -0.25) is 4.79 Å². The van der Waals surface area contributed by atoms with Gasteiger partial charge in [-0.25, -0.2) is 4.79 Å². The number of hydrogen-bond donors (Lipinski definition) is 1. The summed E-state index contributed by atoms with van der Waals surface area (Å²) in [5.74, 6) is -1.45. The lowest BCUT2D eigenvalue weighted by Gasteiger charge is -2.40. The number of rotatable bonds is 4. The quantitative estimate of drug-likeness (QED) is 0.836. The Bertz CT molecular complexity index is 335. The Kier molecular flexibility index (Phi) is 5.60. The van der Waals surface area contributed by atoms with Crippen molar-refractivity contribution in [2.24, 2.45) is 5.92 Å². The van der Waals surface area contributed by atoms with Gasteiger partial charge in [-0.1, -0.05) is 13.8 Å².